The largest absolute Gasteiger partial charge is 0.492 e. The number of nitrogens with one attached hydrogen (secondary N) is 1. The Kier molecular flexibility index (Phi) is 3.90. The third-order valence-electron chi connectivity index (χ3n) is 3.78. The lowest BCUT2D eigenvalue weighted by atomic mass is 9.88. The fourth-order valence-electron chi connectivity index (χ4n) is 2.32. The molecule has 0 atom stereocenters. The van der Waals surface area contributed by atoms with Crippen molar-refractivity contribution in [2.45, 2.75) is 37.6 Å². The Bertz CT molecular complexity index is 553. The highest BCUT2D eigenvalue weighted by atomic mass is 79.9. The lowest BCUT2D eigenvalue weighted by Crippen LogP contribution is -2.50. The lowest BCUT2D eigenvalue weighted by molar-refractivity contribution is -0.0901. The van der Waals surface area contributed by atoms with Gasteiger partial charge in [0.15, 0.2) is 0 Å². The summed E-state index contributed by atoms with van der Waals surface area (Å²) in [7, 11) is 0. The zero-order valence-corrected chi connectivity index (χ0v) is 13.0. The summed E-state index contributed by atoms with van der Waals surface area (Å²) in [4.78, 5) is 12.2. The van der Waals surface area contributed by atoms with Crippen LogP contribution in [0.3, 0.4) is 0 Å². The van der Waals surface area contributed by atoms with Crippen LogP contribution in [0.1, 0.15) is 36.0 Å². The van der Waals surface area contributed by atoms with Gasteiger partial charge in [-0.05, 0) is 37.0 Å². The highest BCUT2D eigenvalue weighted by Gasteiger charge is 2.46. The second-order valence-electron chi connectivity index (χ2n) is 5.83. The summed E-state index contributed by atoms with van der Waals surface area (Å²) < 4.78 is 32.1. The normalized spacial score (nSPS) is 20.7. The molecule has 2 aliphatic carbocycles. The van der Waals surface area contributed by atoms with E-state index in [4.69, 9.17) is 4.74 Å². The van der Waals surface area contributed by atoms with Crippen LogP contribution >= 0.6 is 15.9 Å². The maximum absolute atomic E-state index is 12.8. The van der Waals surface area contributed by atoms with Crippen LogP contribution in [-0.4, -0.2) is 24.5 Å². The molecule has 0 radical (unpaired) electrons. The van der Waals surface area contributed by atoms with E-state index in [1.165, 1.54) is 0 Å². The van der Waals surface area contributed by atoms with Gasteiger partial charge in [0.05, 0.1) is 12.2 Å². The summed E-state index contributed by atoms with van der Waals surface area (Å²) in [6.07, 6.45) is 1.75. The average Bonchev–Trinajstić information content (AvgIpc) is 3.19. The van der Waals surface area contributed by atoms with Gasteiger partial charge in [-0.2, -0.15) is 0 Å². The molecule has 3 rings (SSSR count). The number of ether oxygens (including phenoxy) is 1. The van der Waals surface area contributed by atoms with Crippen molar-refractivity contribution in [3.05, 3.63) is 28.2 Å². The molecule has 1 aromatic rings. The fraction of sp³-hybridized carbons (Fsp3) is 0.533. The van der Waals surface area contributed by atoms with Crippen LogP contribution in [0.15, 0.2) is 22.7 Å². The zero-order valence-electron chi connectivity index (χ0n) is 11.4. The molecule has 0 bridgehead atoms. The molecule has 0 spiro atoms. The first-order valence-corrected chi connectivity index (χ1v) is 7.83. The maximum atomic E-state index is 12.8. The van der Waals surface area contributed by atoms with E-state index in [1.54, 1.807) is 18.2 Å². The minimum absolute atomic E-state index is 0.287. The van der Waals surface area contributed by atoms with Gasteiger partial charge >= 0.3 is 0 Å². The second kappa shape index (κ2) is 5.55. The summed E-state index contributed by atoms with van der Waals surface area (Å²) in [6, 6.07) is 4.74. The number of halogens is 3. The zero-order chi connectivity index (χ0) is 15.0. The van der Waals surface area contributed by atoms with Crippen molar-refractivity contribution in [2.24, 2.45) is 5.92 Å². The predicted molar refractivity (Wildman–Crippen MR) is 77.8 cm³/mol. The van der Waals surface area contributed by atoms with E-state index >= 15 is 0 Å². The number of carbonyl (C=O) groups is 1. The van der Waals surface area contributed by atoms with E-state index in [0.29, 0.717) is 23.8 Å². The monoisotopic (exact) mass is 359 g/mol. The van der Waals surface area contributed by atoms with Gasteiger partial charge in [0.2, 0.25) is 0 Å². The number of amides is 1. The molecule has 1 amide bonds. The summed E-state index contributed by atoms with van der Waals surface area (Å²) >= 11 is 3.32. The average molecular weight is 360 g/mol. The van der Waals surface area contributed by atoms with Gasteiger partial charge in [0.1, 0.15) is 5.75 Å². The van der Waals surface area contributed by atoms with Gasteiger partial charge in [0.25, 0.3) is 11.8 Å². The van der Waals surface area contributed by atoms with Crippen LogP contribution in [0, 0.1) is 5.92 Å². The van der Waals surface area contributed by atoms with Gasteiger partial charge in [-0.15, -0.1) is 0 Å². The first-order valence-electron chi connectivity index (χ1n) is 7.04. The van der Waals surface area contributed by atoms with Gasteiger partial charge in [0, 0.05) is 23.4 Å². The Labute approximate surface area is 130 Å². The SMILES string of the molecule is O=C(NC1CC(F)(F)C1)c1cc(Br)ccc1OCC1CC1. The Balaban J connectivity index is 1.66. The highest BCUT2D eigenvalue weighted by Crippen LogP contribution is 2.38. The Morgan fingerprint density at radius 2 is 2.10 bits per heavy atom. The van der Waals surface area contributed by atoms with Gasteiger partial charge in [-0.1, -0.05) is 15.9 Å². The van der Waals surface area contributed by atoms with Crippen molar-refractivity contribution < 1.29 is 18.3 Å². The van der Waals surface area contributed by atoms with Gasteiger partial charge in [-0.3, -0.25) is 4.79 Å². The molecular weight excluding hydrogens is 344 g/mol. The van der Waals surface area contributed by atoms with Crippen molar-refractivity contribution in [1.29, 1.82) is 0 Å². The predicted octanol–water partition coefficient (Wildman–Crippen LogP) is 3.77. The molecule has 2 aliphatic rings. The van der Waals surface area contributed by atoms with Crippen LogP contribution in [0.4, 0.5) is 8.78 Å². The number of rotatable bonds is 5. The second-order valence-corrected chi connectivity index (χ2v) is 6.75. The minimum Gasteiger partial charge on any atom is -0.492 e. The summed E-state index contributed by atoms with van der Waals surface area (Å²) in [6.45, 7) is 0.601. The topological polar surface area (TPSA) is 38.3 Å². The molecule has 0 aromatic heterocycles. The number of carbonyl (C=O) groups excluding carboxylic acids is 1. The minimum atomic E-state index is -2.64. The molecule has 1 N–H and O–H groups in total. The Morgan fingerprint density at radius 3 is 2.71 bits per heavy atom. The quantitative estimate of drug-likeness (QED) is 0.868. The number of hydrogen-bond acceptors (Lipinski definition) is 2. The molecule has 1 aromatic carbocycles. The lowest BCUT2D eigenvalue weighted by Gasteiger charge is -2.35. The van der Waals surface area contributed by atoms with Gasteiger partial charge < -0.3 is 10.1 Å². The molecule has 6 heteroatoms. The van der Waals surface area contributed by atoms with Crippen LogP contribution in [-0.2, 0) is 0 Å². The smallest absolute Gasteiger partial charge is 0.255 e. The third-order valence-corrected chi connectivity index (χ3v) is 4.28. The van der Waals surface area contributed by atoms with Crippen LogP contribution in [0.25, 0.3) is 0 Å². The number of hydrogen-bond donors (Lipinski definition) is 1. The molecule has 0 unspecified atom stereocenters. The van der Waals surface area contributed by atoms with E-state index in [1.807, 2.05) is 0 Å². The van der Waals surface area contributed by atoms with Crippen molar-refractivity contribution in [1.82, 2.24) is 5.32 Å². The van der Waals surface area contributed by atoms with Crippen molar-refractivity contribution in [3.63, 3.8) is 0 Å². The van der Waals surface area contributed by atoms with E-state index in [0.717, 1.165) is 17.3 Å². The molecule has 2 fully saturated rings. The Morgan fingerprint density at radius 1 is 1.38 bits per heavy atom. The van der Waals surface area contributed by atoms with E-state index in [2.05, 4.69) is 21.2 Å². The Hall–Kier alpha value is -1.17. The molecular formula is C15H16BrF2NO2. The number of benzene rings is 1. The van der Waals surface area contributed by atoms with Crippen LogP contribution in [0.5, 0.6) is 5.75 Å². The van der Waals surface area contributed by atoms with Crippen molar-refractivity contribution in [2.75, 3.05) is 6.61 Å². The molecule has 114 valence electrons. The number of alkyl halides is 2. The third kappa shape index (κ3) is 3.73. The molecule has 3 nitrogen and oxygen atoms in total. The first-order chi connectivity index (χ1) is 9.93. The first kappa shape index (κ1) is 14.8. The molecule has 0 aliphatic heterocycles. The van der Waals surface area contributed by atoms with Crippen molar-refractivity contribution >= 4 is 21.8 Å². The van der Waals surface area contributed by atoms with Crippen LogP contribution in [0.2, 0.25) is 0 Å². The molecule has 0 heterocycles. The summed E-state index contributed by atoms with van der Waals surface area (Å²) in [5, 5.41) is 2.64. The molecule has 2 saturated carbocycles. The fourth-order valence-corrected chi connectivity index (χ4v) is 2.69. The molecule has 21 heavy (non-hydrogen) atoms. The highest BCUT2D eigenvalue weighted by molar-refractivity contribution is 9.10. The van der Waals surface area contributed by atoms with Crippen LogP contribution < -0.4 is 10.1 Å². The summed E-state index contributed by atoms with van der Waals surface area (Å²) in [5.41, 5.74) is 0.389. The van der Waals surface area contributed by atoms with Crippen molar-refractivity contribution in [3.8, 4) is 5.75 Å². The molecule has 0 saturated heterocycles. The standard InChI is InChI=1S/C15H16BrF2NO2/c16-10-3-4-13(21-8-9-1-2-9)12(5-10)14(20)19-11-6-15(17,18)7-11/h3-5,9,11H,1-2,6-8H2,(H,19,20). The van der Waals surface area contributed by atoms with E-state index in [-0.39, 0.29) is 18.7 Å². The maximum Gasteiger partial charge on any atom is 0.255 e. The van der Waals surface area contributed by atoms with Gasteiger partial charge in [-0.25, -0.2) is 8.78 Å². The summed E-state index contributed by atoms with van der Waals surface area (Å²) in [5.74, 6) is -1.91. The van der Waals surface area contributed by atoms with E-state index < -0.39 is 12.0 Å². The van der Waals surface area contributed by atoms with E-state index in [9.17, 15) is 13.6 Å².